The van der Waals surface area contributed by atoms with Gasteiger partial charge in [-0.2, -0.15) is 0 Å². The molecule has 0 amide bonds. The summed E-state index contributed by atoms with van der Waals surface area (Å²) in [6.07, 6.45) is 1.70. The number of nitrogens with zero attached hydrogens (tertiary/aromatic N) is 6. The lowest BCUT2D eigenvalue weighted by molar-refractivity contribution is 0.264. The number of H-pyrrole nitrogens is 1. The average Bonchev–Trinajstić information content (AvgIpc) is 3.31. The van der Waals surface area contributed by atoms with Gasteiger partial charge in [0.15, 0.2) is 5.65 Å². The van der Waals surface area contributed by atoms with Gasteiger partial charge in [0, 0.05) is 37.0 Å². The fraction of sp³-hybridized carbons (Fsp3) is 0.609. The van der Waals surface area contributed by atoms with Crippen LogP contribution in [0.1, 0.15) is 106 Å². The molecule has 0 fully saturated rings. The highest BCUT2D eigenvalue weighted by atomic mass is 15.2. The summed E-state index contributed by atoms with van der Waals surface area (Å²) >= 11 is 0. The predicted molar refractivity (Wildman–Crippen MR) is 119 cm³/mol. The van der Waals surface area contributed by atoms with Crippen molar-refractivity contribution in [1.29, 1.82) is 0 Å². The van der Waals surface area contributed by atoms with E-state index in [0.717, 1.165) is 48.1 Å². The van der Waals surface area contributed by atoms with Crippen molar-refractivity contribution in [2.75, 3.05) is 6.54 Å². The molecule has 4 rings (SSSR count). The van der Waals surface area contributed by atoms with Gasteiger partial charge in [-0.25, -0.2) is 24.9 Å². The summed E-state index contributed by atoms with van der Waals surface area (Å²) in [7, 11) is 0. The number of rotatable bonds is 6. The lowest BCUT2D eigenvalue weighted by Gasteiger charge is -2.20. The Hall–Kier alpha value is -2.41. The fourth-order valence-corrected chi connectivity index (χ4v) is 4.20. The summed E-state index contributed by atoms with van der Waals surface area (Å²) < 4.78 is 0. The van der Waals surface area contributed by atoms with Crippen LogP contribution in [0.5, 0.6) is 0 Å². The highest BCUT2D eigenvalue weighted by molar-refractivity contribution is 5.73. The van der Waals surface area contributed by atoms with Crippen molar-refractivity contribution in [3.8, 4) is 0 Å². The zero-order valence-corrected chi connectivity index (χ0v) is 19.2. The van der Waals surface area contributed by atoms with Crippen LogP contribution in [0.15, 0.2) is 6.33 Å². The topological polar surface area (TPSA) is 83.5 Å². The molecule has 1 aliphatic heterocycles. The van der Waals surface area contributed by atoms with E-state index in [4.69, 9.17) is 19.9 Å². The van der Waals surface area contributed by atoms with Crippen LogP contribution in [0.25, 0.3) is 11.2 Å². The lowest BCUT2D eigenvalue weighted by Crippen LogP contribution is -2.23. The van der Waals surface area contributed by atoms with Crippen LogP contribution in [0.2, 0.25) is 0 Å². The van der Waals surface area contributed by atoms with Crippen LogP contribution in [0.4, 0.5) is 0 Å². The molecule has 7 nitrogen and oxygen atoms in total. The molecule has 0 bridgehead atoms. The van der Waals surface area contributed by atoms with Gasteiger partial charge in [0.1, 0.15) is 17.2 Å². The molecule has 4 heterocycles. The maximum atomic E-state index is 4.90. The third kappa shape index (κ3) is 3.83. The average molecular weight is 408 g/mol. The number of fused-ring (bicyclic) bond motifs is 2. The van der Waals surface area contributed by atoms with E-state index in [1.54, 1.807) is 6.33 Å². The van der Waals surface area contributed by atoms with Gasteiger partial charge in [-0.05, 0) is 11.8 Å². The van der Waals surface area contributed by atoms with Gasteiger partial charge >= 0.3 is 0 Å². The molecular formula is C23H33N7. The minimum atomic E-state index is 0.213. The van der Waals surface area contributed by atoms with Crippen LogP contribution in [0, 0.1) is 0 Å². The number of nitrogens with one attached hydrogen (secondary N) is 1. The Morgan fingerprint density at radius 2 is 1.53 bits per heavy atom. The summed E-state index contributed by atoms with van der Waals surface area (Å²) in [5, 5.41) is 0. The molecule has 0 radical (unpaired) electrons. The summed E-state index contributed by atoms with van der Waals surface area (Å²) in [6.45, 7) is 17.9. The van der Waals surface area contributed by atoms with Crippen LogP contribution < -0.4 is 0 Å². The zero-order valence-electron chi connectivity index (χ0n) is 19.2. The molecule has 0 saturated carbocycles. The van der Waals surface area contributed by atoms with Crippen LogP contribution in [-0.4, -0.2) is 41.3 Å². The number of aromatic nitrogens is 6. The maximum absolute atomic E-state index is 4.90. The van der Waals surface area contributed by atoms with Gasteiger partial charge in [-0.1, -0.05) is 48.5 Å². The van der Waals surface area contributed by atoms with Gasteiger partial charge in [-0.15, -0.1) is 0 Å². The zero-order chi connectivity index (χ0) is 21.6. The minimum Gasteiger partial charge on any atom is -0.329 e. The van der Waals surface area contributed by atoms with E-state index in [-0.39, 0.29) is 5.92 Å². The molecule has 7 heteroatoms. The van der Waals surface area contributed by atoms with Crippen LogP contribution in [0.3, 0.4) is 0 Å². The van der Waals surface area contributed by atoms with E-state index in [0.29, 0.717) is 17.8 Å². The van der Waals surface area contributed by atoms with E-state index in [1.807, 2.05) is 0 Å². The molecule has 0 aliphatic carbocycles. The number of imidazole rings is 1. The van der Waals surface area contributed by atoms with E-state index in [2.05, 4.69) is 63.3 Å². The van der Waals surface area contributed by atoms with Gasteiger partial charge in [0.2, 0.25) is 0 Å². The summed E-state index contributed by atoms with van der Waals surface area (Å²) in [6, 6.07) is 0. The Morgan fingerprint density at radius 3 is 2.20 bits per heavy atom. The van der Waals surface area contributed by atoms with Gasteiger partial charge in [-0.3, -0.25) is 4.90 Å². The number of aromatic amines is 1. The predicted octanol–water partition coefficient (Wildman–Crippen LogP) is 4.63. The molecule has 3 aromatic rings. The van der Waals surface area contributed by atoms with Crippen molar-refractivity contribution in [1.82, 2.24) is 34.8 Å². The molecule has 1 N–H and O–H groups in total. The first kappa shape index (κ1) is 20.8. The molecule has 3 aromatic heterocycles. The standard InChI is InChI=1S/C23H33N7/c1-12(2)18-16-9-30(10-17(16)26-21(27-18)14(5)6)8-15(7)22-28-19(13(3)4)20-23(29-22)25-11-24-20/h11-15H,8-10H2,1-7H3,(H,24,25,28,29). The van der Waals surface area contributed by atoms with Crippen molar-refractivity contribution in [3.63, 3.8) is 0 Å². The van der Waals surface area contributed by atoms with Crippen molar-refractivity contribution in [3.05, 3.63) is 40.6 Å². The summed E-state index contributed by atoms with van der Waals surface area (Å²) in [5.41, 5.74) is 6.44. The van der Waals surface area contributed by atoms with Gasteiger partial charge in [0.05, 0.1) is 23.4 Å². The maximum Gasteiger partial charge on any atom is 0.161 e. The largest absolute Gasteiger partial charge is 0.329 e. The molecule has 30 heavy (non-hydrogen) atoms. The summed E-state index contributed by atoms with van der Waals surface area (Å²) in [5.74, 6) is 3.09. The van der Waals surface area contributed by atoms with E-state index in [1.165, 1.54) is 17.0 Å². The Bertz CT molecular complexity index is 1050. The normalized spacial score (nSPS) is 15.7. The fourth-order valence-electron chi connectivity index (χ4n) is 4.20. The Labute approximate surface area is 178 Å². The molecule has 1 unspecified atom stereocenters. The SMILES string of the molecule is CC(C)c1nc2c(c(C(C)C)n1)CN(CC(C)c1nc(C(C)C)c3nc[nH]c3n1)C2. The van der Waals surface area contributed by atoms with Crippen molar-refractivity contribution >= 4 is 11.2 Å². The highest BCUT2D eigenvalue weighted by Crippen LogP contribution is 2.31. The smallest absolute Gasteiger partial charge is 0.161 e. The molecule has 1 aliphatic rings. The second kappa shape index (κ2) is 8.02. The van der Waals surface area contributed by atoms with E-state index >= 15 is 0 Å². The van der Waals surface area contributed by atoms with Gasteiger partial charge in [0.25, 0.3) is 0 Å². The lowest BCUT2D eigenvalue weighted by atomic mass is 10.0. The van der Waals surface area contributed by atoms with Crippen molar-refractivity contribution in [2.45, 2.75) is 85.2 Å². The molecule has 160 valence electrons. The van der Waals surface area contributed by atoms with Gasteiger partial charge < -0.3 is 4.98 Å². The Kier molecular flexibility index (Phi) is 5.57. The van der Waals surface area contributed by atoms with Crippen molar-refractivity contribution in [2.24, 2.45) is 0 Å². The third-order valence-corrected chi connectivity index (χ3v) is 5.80. The van der Waals surface area contributed by atoms with E-state index in [9.17, 15) is 0 Å². The number of hydrogen-bond donors (Lipinski definition) is 1. The van der Waals surface area contributed by atoms with Crippen molar-refractivity contribution < 1.29 is 0 Å². The molecular weight excluding hydrogens is 374 g/mol. The molecule has 0 saturated heterocycles. The Morgan fingerprint density at radius 1 is 0.833 bits per heavy atom. The first-order chi connectivity index (χ1) is 14.2. The second-order valence-corrected chi connectivity index (χ2v) is 9.49. The number of hydrogen-bond acceptors (Lipinski definition) is 6. The molecule has 0 spiro atoms. The third-order valence-electron chi connectivity index (χ3n) is 5.80. The monoisotopic (exact) mass is 407 g/mol. The first-order valence-corrected chi connectivity index (χ1v) is 11.1. The Balaban J connectivity index is 1.58. The second-order valence-electron chi connectivity index (χ2n) is 9.49. The summed E-state index contributed by atoms with van der Waals surface area (Å²) in [4.78, 5) is 29.5. The quantitative estimate of drug-likeness (QED) is 0.641. The highest BCUT2D eigenvalue weighted by Gasteiger charge is 2.28. The van der Waals surface area contributed by atoms with Crippen LogP contribution in [-0.2, 0) is 13.1 Å². The molecule has 1 atom stereocenters. The van der Waals surface area contributed by atoms with E-state index < -0.39 is 0 Å². The van der Waals surface area contributed by atoms with Crippen LogP contribution >= 0.6 is 0 Å². The molecule has 0 aromatic carbocycles. The first-order valence-electron chi connectivity index (χ1n) is 11.1. The minimum absolute atomic E-state index is 0.213.